The second kappa shape index (κ2) is 8.79. The van der Waals surface area contributed by atoms with Gasteiger partial charge in [0.05, 0.1) is 0 Å². The summed E-state index contributed by atoms with van der Waals surface area (Å²) in [6.07, 6.45) is 0. The predicted octanol–water partition coefficient (Wildman–Crippen LogP) is 5.02. The van der Waals surface area contributed by atoms with E-state index in [1.807, 2.05) is 59.5 Å². The number of piperazine rings is 1. The van der Waals surface area contributed by atoms with Gasteiger partial charge < -0.3 is 19.5 Å². The molecule has 1 saturated heterocycles. The molecule has 1 fully saturated rings. The molecule has 162 valence electrons. The molecular weight excluding hydrogens is 398 g/mol. The molecule has 5 rings (SSSR count). The first-order valence-electron chi connectivity index (χ1n) is 11.1. The van der Waals surface area contributed by atoms with E-state index in [2.05, 4.69) is 41.1 Å². The number of aryl methyl sites for hydroxylation is 1. The number of ether oxygens (including phenoxy) is 1. The number of aromatic nitrogens is 1. The summed E-state index contributed by atoms with van der Waals surface area (Å²) in [5.41, 5.74) is 5.23. The van der Waals surface area contributed by atoms with Crippen LogP contribution < -0.4 is 9.64 Å². The zero-order chi connectivity index (χ0) is 21.9. The average molecular weight is 426 g/mol. The molecule has 0 radical (unpaired) electrons. The molecule has 5 heteroatoms. The maximum atomic E-state index is 13.1. The van der Waals surface area contributed by atoms with Crippen LogP contribution in [-0.4, -0.2) is 42.0 Å². The Hall–Kier alpha value is -3.73. The van der Waals surface area contributed by atoms with E-state index in [9.17, 15) is 4.79 Å². The van der Waals surface area contributed by atoms with Gasteiger partial charge in [-0.15, -0.1) is 0 Å². The van der Waals surface area contributed by atoms with E-state index < -0.39 is 0 Å². The third-order valence-electron chi connectivity index (χ3n) is 6.09. The summed E-state index contributed by atoms with van der Waals surface area (Å²) in [5, 5.41) is 0.984. The molecule has 0 spiro atoms. The number of fused-ring (bicyclic) bond motifs is 1. The Morgan fingerprint density at radius 3 is 2.44 bits per heavy atom. The monoisotopic (exact) mass is 425 g/mol. The molecule has 0 bridgehead atoms. The molecule has 32 heavy (non-hydrogen) atoms. The summed E-state index contributed by atoms with van der Waals surface area (Å²) in [6.45, 7) is 5.77. The van der Waals surface area contributed by atoms with Crippen LogP contribution in [0.15, 0.2) is 78.9 Å². The van der Waals surface area contributed by atoms with Crippen molar-refractivity contribution in [1.82, 2.24) is 9.88 Å². The van der Waals surface area contributed by atoms with Crippen LogP contribution in [0.1, 0.15) is 21.6 Å². The number of anilines is 1. The Morgan fingerprint density at radius 2 is 1.66 bits per heavy atom. The van der Waals surface area contributed by atoms with Crippen molar-refractivity contribution in [3.05, 3.63) is 95.7 Å². The van der Waals surface area contributed by atoms with E-state index in [1.165, 1.54) is 11.3 Å². The quantitative estimate of drug-likeness (QED) is 0.489. The summed E-state index contributed by atoms with van der Waals surface area (Å²) < 4.78 is 5.93. The number of hydrogen-bond acceptors (Lipinski definition) is 3. The number of nitrogens with one attached hydrogen (secondary N) is 1. The minimum atomic E-state index is 0.0531. The number of benzene rings is 3. The molecule has 5 nitrogen and oxygen atoms in total. The molecule has 1 aliphatic heterocycles. The molecule has 1 aliphatic rings. The Bertz CT molecular complexity index is 1220. The Labute approximate surface area is 188 Å². The highest BCUT2D eigenvalue weighted by atomic mass is 16.5. The fraction of sp³-hybridized carbons (Fsp3) is 0.222. The van der Waals surface area contributed by atoms with E-state index in [0.717, 1.165) is 35.3 Å². The molecule has 1 amide bonds. The summed E-state index contributed by atoms with van der Waals surface area (Å²) in [7, 11) is 0. The van der Waals surface area contributed by atoms with E-state index in [0.29, 0.717) is 25.4 Å². The van der Waals surface area contributed by atoms with Crippen LogP contribution in [0.4, 0.5) is 5.69 Å². The van der Waals surface area contributed by atoms with E-state index in [1.54, 1.807) is 0 Å². The molecule has 1 N–H and O–H groups in total. The molecule has 0 saturated carbocycles. The van der Waals surface area contributed by atoms with Gasteiger partial charge in [0.1, 0.15) is 18.1 Å². The maximum Gasteiger partial charge on any atom is 0.270 e. The third-order valence-corrected chi connectivity index (χ3v) is 6.09. The first-order chi connectivity index (χ1) is 15.7. The van der Waals surface area contributed by atoms with Crippen molar-refractivity contribution in [3.8, 4) is 5.75 Å². The molecule has 1 aromatic heterocycles. The lowest BCUT2D eigenvalue weighted by atomic mass is 10.1. The van der Waals surface area contributed by atoms with Gasteiger partial charge in [0.15, 0.2) is 0 Å². The van der Waals surface area contributed by atoms with Crippen LogP contribution in [0.2, 0.25) is 0 Å². The van der Waals surface area contributed by atoms with Gasteiger partial charge in [0, 0.05) is 42.8 Å². The fourth-order valence-electron chi connectivity index (χ4n) is 4.30. The number of carbonyl (C=O) groups excluding carboxylic acids is 1. The number of carbonyl (C=O) groups is 1. The average Bonchev–Trinajstić information content (AvgIpc) is 3.27. The van der Waals surface area contributed by atoms with Crippen LogP contribution >= 0.6 is 0 Å². The molecule has 0 aliphatic carbocycles. The second-order valence-corrected chi connectivity index (χ2v) is 8.27. The van der Waals surface area contributed by atoms with Gasteiger partial charge >= 0.3 is 0 Å². The third kappa shape index (κ3) is 4.19. The van der Waals surface area contributed by atoms with Crippen molar-refractivity contribution in [2.45, 2.75) is 13.5 Å². The molecule has 4 aromatic rings. The van der Waals surface area contributed by atoms with Crippen LogP contribution in [0.5, 0.6) is 5.75 Å². The predicted molar refractivity (Wildman–Crippen MR) is 128 cm³/mol. The van der Waals surface area contributed by atoms with Gasteiger partial charge in [0.2, 0.25) is 0 Å². The molecule has 2 heterocycles. The summed E-state index contributed by atoms with van der Waals surface area (Å²) in [5.74, 6) is 0.851. The largest absolute Gasteiger partial charge is 0.489 e. The van der Waals surface area contributed by atoms with Crippen LogP contribution in [0.25, 0.3) is 10.9 Å². The maximum absolute atomic E-state index is 13.1. The van der Waals surface area contributed by atoms with E-state index >= 15 is 0 Å². The van der Waals surface area contributed by atoms with Gasteiger partial charge in [-0.05, 0) is 48.4 Å². The first kappa shape index (κ1) is 20.2. The van der Waals surface area contributed by atoms with Crippen molar-refractivity contribution < 1.29 is 9.53 Å². The second-order valence-electron chi connectivity index (χ2n) is 8.27. The Balaban J connectivity index is 1.24. The van der Waals surface area contributed by atoms with E-state index in [-0.39, 0.29) is 5.91 Å². The Morgan fingerprint density at radius 1 is 0.906 bits per heavy atom. The lowest BCUT2D eigenvalue weighted by Gasteiger charge is -2.36. The van der Waals surface area contributed by atoms with Gasteiger partial charge in [-0.25, -0.2) is 0 Å². The first-order valence-corrected chi connectivity index (χ1v) is 11.1. The van der Waals surface area contributed by atoms with Crippen molar-refractivity contribution in [2.24, 2.45) is 0 Å². The number of H-pyrrole nitrogens is 1. The Kier molecular flexibility index (Phi) is 5.55. The lowest BCUT2D eigenvalue weighted by Crippen LogP contribution is -2.49. The topological polar surface area (TPSA) is 48.6 Å². The number of para-hydroxylation sites is 1. The van der Waals surface area contributed by atoms with Gasteiger partial charge in [-0.3, -0.25) is 4.79 Å². The minimum absolute atomic E-state index is 0.0531. The molecule has 3 aromatic carbocycles. The number of hydrogen-bond donors (Lipinski definition) is 1. The molecule has 0 atom stereocenters. The van der Waals surface area contributed by atoms with Crippen LogP contribution in [0, 0.1) is 6.92 Å². The fourth-order valence-corrected chi connectivity index (χ4v) is 4.30. The summed E-state index contributed by atoms with van der Waals surface area (Å²) in [4.78, 5) is 20.7. The zero-order valence-electron chi connectivity index (χ0n) is 18.3. The van der Waals surface area contributed by atoms with Crippen molar-refractivity contribution in [1.29, 1.82) is 0 Å². The number of aromatic amines is 1. The van der Waals surface area contributed by atoms with E-state index in [4.69, 9.17) is 4.74 Å². The molecular formula is C27H27N3O2. The SMILES string of the molecule is Cc1ccccc1N1CCN(C(=O)c2cc3cc(OCc4ccccc4)ccc3[nH]2)CC1. The van der Waals surface area contributed by atoms with Gasteiger partial charge in [0.25, 0.3) is 5.91 Å². The number of rotatable bonds is 5. The smallest absolute Gasteiger partial charge is 0.270 e. The zero-order valence-corrected chi connectivity index (χ0v) is 18.3. The molecule has 0 unspecified atom stereocenters. The normalized spacial score (nSPS) is 14.0. The number of nitrogens with zero attached hydrogens (tertiary/aromatic N) is 2. The lowest BCUT2D eigenvalue weighted by molar-refractivity contribution is 0.0742. The highest BCUT2D eigenvalue weighted by Crippen LogP contribution is 2.25. The number of amides is 1. The van der Waals surface area contributed by atoms with Crippen molar-refractivity contribution >= 4 is 22.5 Å². The van der Waals surface area contributed by atoms with Crippen LogP contribution in [-0.2, 0) is 6.61 Å². The minimum Gasteiger partial charge on any atom is -0.489 e. The highest BCUT2D eigenvalue weighted by Gasteiger charge is 2.24. The van der Waals surface area contributed by atoms with Gasteiger partial charge in [-0.1, -0.05) is 48.5 Å². The summed E-state index contributed by atoms with van der Waals surface area (Å²) in [6, 6.07) is 26.4. The van der Waals surface area contributed by atoms with Crippen molar-refractivity contribution in [3.63, 3.8) is 0 Å². The van der Waals surface area contributed by atoms with Crippen LogP contribution in [0.3, 0.4) is 0 Å². The standard InChI is InChI=1S/C27H27N3O2/c1-20-7-5-6-10-26(20)29-13-15-30(16-14-29)27(31)25-18-22-17-23(11-12-24(22)28-25)32-19-21-8-3-2-4-9-21/h2-12,17-18,28H,13-16,19H2,1H3. The van der Waals surface area contributed by atoms with Gasteiger partial charge in [-0.2, -0.15) is 0 Å². The highest BCUT2D eigenvalue weighted by molar-refractivity contribution is 5.98. The summed E-state index contributed by atoms with van der Waals surface area (Å²) >= 11 is 0. The van der Waals surface area contributed by atoms with Crippen molar-refractivity contribution in [2.75, 3.05) is 31.1 Å².